The normalized spacial score (nSPS) is 24.3. The Morgan fingerprint density at radius 2 is 2.29 bits per heavy atom. The number of carbonyl (C=O) groups excluding carboxylic acids is 1. The van der Waals surface area contributed by atoms with E-state index in [1.54, 1.807) is 0 Å². The standard InChI is InChI=1S/C15H24N4O2/c1-11-9-12(18-21-11)10-17-15(20)14-3-2-8-19(14)13-4-6-16-7-5-13/h9,13-14,16H,2-8,10H2,1H3,(H,17,20). The molecule has 0 radical (unpaired) electrons. The molecule has 1 amide bonds. The summed E-state index contributed by atoms with van der Waals surface area (Å²) in [6, 6.07) is 2.44. The Balaban J connectivity index is 1.55. The average Bonchev–Trinajstić information content (AvgIpc) is 3.14. The van der Waals surface area contributed by atoms with Crippen LogP contribution in [0.5, 0.6) is 0 Å². The molecule has 1 aromatic rings. The maximum atomic E-state index is 12.5. The summed E-state index contributed by atoms with van der Waals surface area (Å²) in [6.07, 6.45) is 4.37. The second-order valence-corrected chi connectivity index (χ2v) is 6.02. The summed E-state index contributed by atoms with van der Waals surface area (Å²) in [6.45, 7) is 5.48. The Labute approximate surface area is 125 Å². The molecule has 0 saturated carbocycles. The van der Waals surface area contributed by atoms with Crippen molar-refractivity contribution >= 4 is 5.91 Å². The van der Waals surface area contributed by atoms with Crippen LogP contribution in [-0.2, 0) is 11.3 Å². The summed E-state index contributed by atoms with van der Waals surface area (Å²) in [4.78, 5) is 14.9. The molecule has 3 rings (SSSR count). The highest BCUT2D eigenvalue weighted by molar-refractivity contribution is 5.82. The van der Waals surface area contributed by atoms with Gasteiger partial charge in [-0.05, 0) is 52.2 Å². The van der Waals surface area contributed by atoms with Crippen LogP contribution in [0.1, 0.15) is 37.1 Å². The zero-order valence-corrected chi connectivity index (χ0v) is 12.6. The lowest BCUT2D eigenvalue weighted by molar-refractivity contribution is -0.126. The van der Waals surface area contributed by atoms with E-state index in [0.29, 0.717) is 12.6 Å². The van der Waals surface area contributed by atoms with Gasteiger partial charge in [-0.25, -0.2) is 0 Å². The molecule has 2 aliphatic rings. The lowest BCUT2D eigenvalue weighted by Gasteiger charge is -2.35. The minimum absolute atomic E-state index is 0.0288. The second kappa shape index (κ2) is 6.58. The highest BCUT2D eigenvalue weighted by Gasteiger charge is 2.35. The Kier molecular flexibility index (Phi) is 4.55. The highest BCUT2D eigenvalue weighted by Crippen LogP contribution is 2.24. The average molecular weight is 292 g/mol. The third-order valence-electron chi connectivity index (χ3n) is 4.50. The Morgan fingerprint density at radius 1 is 1.48 bits per heavy atom. The minimum atomic E-state index is 0.0288. The van der Waals surface area contributed by atoms with E-state index in [1.807, 2.05) is 13.0 Å². The molecule has 21 heavy (non-hydrogen) atoms. The number of hydrogen-bond acceptors (Lipinski definition) is 5. The predicted octanol–water partition coefficient (Wildman–Crippen LogP) is 0.816. The Bertz CT molecular complexity index is 482. The van der Waals surface area contributed by atoms with Crippen LogP contribution in [0, 0.1) is 6.92 Å². The number of piperidine rings is 1. The fourth-order valence-electron chi connectivity index (χ4n) is 3.44. The number of hydrogen-bond donors (Lipinski definition) is 2. The van der Waals surface area contributed by atoms with Gasteiger partial charge in [0.1, 0.15) is 11.5 Å². The van der Waals surface area contributed by atoms with E-state index < -0.39 is 0 Å². The van der Waals surface area contributed by atoms with Crippen LogP contribution in [0.3, 0.4) is 0 Å². The van der Waals surface area contributed by atoms with Gasteiger partial charge in [0.15, 0.2) is 0 Å². The molecule has 2 N–H and O–H groups in total. The monoisotopic (exact) mass is 292 g/mol. The van der Waals surface area contributed by atoms with E-state index >= 15 is 0 Å². The maximum absolute atomic E-state index is 12.5. The van der Waals surface area contributed by atoms with Crippen molar-refractivity contribution in [3.05, 3.63) is 17.5 Å². The van der Waals surface area contributed by atoms with E-state index in [-0.39, 0.29) is 11.9 Å². The van der Waals surface area contributed by atoms with Gasteiger partial charge in [-0.15, -0.1) is 0 Å². The van der Waals surface area contributed by atoms with Gasteiger partial charge in [0.25, 0.3) is 0 Å². The summed E-state index contributed by atoms with van der Waals surface area (Å²) < 4.78 is 5.02. The fraction of sp³-hybridized carbons (Fsp3) is 0.733. The number of rotatable bonds is 4. The highest BCUT2D eigenvalue weighted by atomic mass is 16.5. The molecule has 116 valence electrons. The quantitative estimate of drug-likeness (QED) is 0.859. The third-order valence-corrected chi connectivity index (χ3v) is 4.50. The number of likely N-dealkylation sites (tertiary alicyclic amines) is 1. The molecule has 0 bridgehead atoms. The smallest absolute Gasteiger partial charge is 0.237 e. The van der Waals surface area contributed by atoms with Crippen LogP contribution in [-0.4, -0.2) is 47.7 Å². The molecule has 6 heteroatoms. The van der Waals surface area contributed by atoms with Gasteiger partial charge < -0.3 is 15.2 Å². The first kappa shape index (κ1) is 14.5. The van der Waals surface area contributed by atoms with Crippen LogP contribution in [0.15, 0.2) is 10.6 Å². The number of amides is 1. The zero-order chi connectivity index (χ0) is 14.7. The molecule has 0 spiro atoms. The van der Waals surface area contributed by atoms with Crippen LogP contribution in [0.4, 0.5) is 0 Å². The second-order valence-electron chi connectivity index (χ2n) is 6.02. The van der Waals surface area contributed by atoms with E-state index in [2.05, 4.69) is 20.7 Å². The van der Waals surface area contributed by atoms with E-state index in [0.717, 1.165) is 56.8 Å². The third kappa shape index (κ3) is 3.44. The van der Waals surface area contributed by atoms with Gasteiger partial charge in [-0.2, -0.15) is 0 Å². The minimum Gasteiger partial charge on any atom is -0.361 e. The first-order valence-corrected chi connectivity index (χ1v) is 7.90. The summed E-state index contributed by atoms with van der Waals surface area (Å²) in [5.74, 6) is 0.906. The van der Waals surface area contributed by atoms with Crippen LogP contribution < -0.4 is 10.6 Å². The van der Waals surface area contributed by atoms with E-state index in [9.17, 15) is 4.79 Å². The Hall–Kier alpha value is -1.40. The largest absolute Gasteiger partial charge is 0.361 e. The van der Waals surface area contributed by atoms with Gasteiger partial charge >= 0.3 is 0 Å². The molecule has 1 aromatic heterocycles. The molecule has 0 aliphatic carbocycles. The van der Waals surface area contributed by atoms with Crippen molar-refractivity contribution in [1.82, 2.24) is 20.7 Å². The summed E-state index contributed by atoms with van der Waals surface area (Å²) in [7, 11) is 0. The van der Waals surface area contributed by atoms with Crippen molar-refractivity contribution in [3.63, 3.8) is 0 Å². The van der Waals surface area contributed by atoms with Crippen molar-refractivity contribution in [2.24, 2.45) is 0 Å². The fourth-order valence-corrected chi connectivity index (χ4v) is 3.44. The molecule has 6 nitrogen and oxygen atoms in total. The SMILES string of the molecule is Cc1cc(CNC(=O)C2CCCN2C2CCNCC2)no1. The van der Waals surface area contributed by atoms with Gasteiger partial charge in [-0.1, -0.05) is 5.16 Å². The van der Waals surface area contributed by atoms with Crippen molar-refractivity contribution in [3.8, 4) is 0 Å². The maximum Gasteiger partial charge on any atom is 0.237 e. The summed E-state index contributed by atoms with van der Waals surface area (Å²) >= 11 is 0. The van der Waals surface area contributed by atoms with E-state index in [1.165, 1.54) is 0 Å². The number of nitrogens with zero attached hydrogens (tertiary/aromatic N) is 2. The molecule has 3 heterocycles. The molecular weight excluding hydrogens is 268 g/mol. The molecule has 2 fully saturated rings. The lowest BCUT2D eigenvalue weighted by Crippen LogP contribution is -2.50. The van der Waals surface area contributed by atoms with Gasteiger partial charge in [0.2, 0.25) is 5.91 Å². The van der Waals surface area contributed by atoms with Gasteiger partial charge in [-0.3, -0.25) is 9.69 Å². The number of nitrogens with one attached hydrogen (secondary N) is 2. The Morgan fingerprint density at radius 3 is 3.00 bits per heavy atom. The molecule has 2 saturated heterocycles. The van der Waals surface area contributed by atoms with E-state index in [4.69, 9.17) is 4.52 Å². The molecule has 1 unspecified atom stereocenters. The zero-order valence-electron chi connectivity index (χ0n) is 12.6. The summed E-state index contributed by atoms with van der Waals surface area (Å²) in [5, 5.41) is 10.3. The molecule has 1 atom stereocenters. The van der Waals surface area contributed by atoms with Crippen molar-refractivity contribution < 1.29 is 9.32 Å². The van der Waals surface area contributed by atoms with Crippen LogP contribution in [0.2, 0.25) is 0 Å². The number of carbonyl (C=O) groups is 1. The molecular formula is C15H24N4O2. The van der Waals surface area contributed by atoms with Crippen molar-refractivity contribution in [1.29, 1.82) is 0 Å². The molecule has 0 aromatic carbocycles. The number of aryl methyl sites for hydroxylation is 1. The topological polar surface area (TPSA) is 70.4 Å². The van der Waals surface area contributed by atoms with Crippen LogP contribution >= 0.6 is 0 Å². The van der Waals surface area contributed by atoms with Crippen molar-refractivity contribution in [2.75, 3.05) is 19.6 Å². The first-order valence-electron chi connectivity index (χ1n) is 7.90. The van der Waals surface area contributed by atoms with Gasteiger partial charge in [0.05, 0.1) is 12.6 Å². The van der Waals surface area contributed by atoms with Crippen molar-refractivity contribution in [2.45, 2.75) is 51.2 Å². The van der Waals surface area contributed by atoms with Gasteiger partial charge in [0, 0.05) is 12.1 Å². The summed E-state index contributed by atoms with van der Waals surface area (Å²) in [5.41, 5.74) is 0.785. The number of aromatic nitrogens is 1. The first-order chi connectivity index (χ1) is 10.2. The lowest BCUT2D eigenvalue weighted by atomic mass is 10.0. The molecule has 2 aliphatic heterocycles. The predicted molar refractivity (Wildman–Crippen MR) is 78.7 cm³/mol. The van der Waals surface area contributed by atoms with Crippen LogP contribution in [0.25, 0.3) is 0 Å².